The van der Waals surface area contributed by atoms with Crippen LogP contribution in [0.3, 0.4) is 0 Å². The third-order valence-electron chi connectivity index (χ3n) is 2.26. The molecule has 86 valence electrons. The highest BCUT2D eigenvalue weighted by molar-refractivity contribution is 5.70. The fourth-order valence-corrected chi connectivity index (χ4v) is 1.54. The Bertz CT molecular complexity index is 467. The van der Waals surface area contributed by atoms with Gasteiger partial charge in [0.2, 0.25) is 5.95 Å². The van der Waals surface area contributed by atoms with Gasteiger partial charge in [0.1, 0.15) is 5.69 Å². The highest BCUT2D eigenvalue weighted by Gasteiger charge is 2.22. The van der Waals surface area contributed by atoms with Crippen LogP contribution in [0.25, 0.3) is 0 Å². The Morgan fingerprint density at radius 3 is 3.12 bits per heavy atom. The zero-order valence-electron chi connectivity index (χ0n) is 8.60. The lowest BCUT2D eigenvalue weighted by Crippen LogP contribution is -2.23. The molecule has 0 aliphatic carbocycles. The Labute approximate surface area is 91.6 Å². The number of rotatable bonds is 3. The molecule has 1 aromatic rings. The van der Waals surface area contributed by atoms with E-state index in [4.69, 9.17) is 10.8 Å². The molecule has 0 amide bonds. The molecule has 0 radical (unpaired) electrons. The number of aliphatic hydroxyl groups excluding tert-OH is 1. The van der Waals surface area contributed by atoms with Crippen molar-refractivity contribution in [3.8, 4) is 0 Å². The molecule has 0 saturated carbocycles. The standard InChI is InChI=1S/C9H13N5O2/c10-9-12-7-6(8(16)13-9)11-5-14(7)3-1-2-4-15/h1-2,11,15H,3-5H2,(H3,10,12,13,16). The second-order valence-electron chi connectivity index (χ2n) is 3.36. The highest BCUT2D eigenvalue weighted by atomic mass is 16.2. The predicted octanol–water partition coefficient (Wildman–Crippen LogP) is -0.910. The van der Waals surface area contributed by atoms with Gasteiger partial charge in [-0.3, -0.25) is 9.78 Å². The van der Waals surface area contributed by atoms with Crippen molar-refractivity contribution >= 4 is 17.5 Å². The van der Waals surface area contributed by atoms with Gasteiger partial charge in [-0.25, -0.2) is 0 Å². The van der Waals surface area contributed by atoms with Gasteiger partial charge in [0.15, 0.2) is 5.82 Å². The van der Waals surface area contributed by atoms with Crippen LogP contribution >= 0.6 is 0 Å². The summed E-state index contributed by atoms with van der Waals surface area (Å²) < 4.78 is 0. The monoisotopic (exact) mass is 223 g/mol. The van der Waals surface area contributed by atoms with Crippen LogP contribution in [-0.2, 0) is 0 Å². The van der Waals surface area contributed by atoms with E-state index < -0.39 is 0 Å². The number of H-pyrrole nitrogens is 1. The molecule has 16 heavy (non-hydrogen) atoms. The fraction of sp³-hybridized carbons (Fsp3) is 0.333. The molecule has 2 heterocycles. The van der Waals surface area contributed by atoms with Crippen LogP contribution in [0.15, 0.2) is 16.9 Å². The zero-order chi connectivity index (χ0) is 11.5. The lowest BCUT2D eigenvalue weighted by Gasteiger charge is -2.13. The van der Waals surface area contributed by atoms with Gasteiger partial charge in [0.05, 0.1) is 13.3 Å². The number of nitrogen functional groups attached to an aromatic ring is 1. The van der Waals surface area contributed by atoms with Crippen molar-refractivity contribution in [1.29, 1.82) is 0 Å². The first kappa shape index (κ1) is 10.5. The number of fused-ring (bicyclic) bond motifs is 1. The number of hydrogen-bond donors (Lipinski definition) is 4. The first-order valence-corrected chi connectivity index (χ1v) is 4.87. The molecular weight excluding hydrogens is 210 g/mol. The van der Waals surface area contributed by atoms with Gasteiger partial charge in [0, 0.05) is 6.54 Å². The van der Waals surface area contributed by atoms with Gasteiger partial charge in [0.25, 0.3) is 5.56 Å². The number of nitrogens with one attached hydrogen (secondary N) is 2. The molecule has 0 unspecified atom stereocenters. The molecule has 1 aliphatic rings. The zero-order valence-corrected chi connectivity index (χ0v) is 8.60. The molecule has 1 aliphatic heterocycles. The van der Waals surface area contributed by atoms with Crippen molar-refractivity contribution in [2.24, 2.45) is 0 Å². The Morgan fingerprint density at radius 2 is 2.38 bits per heavy atom. The van der Waals surface area contributed by atoms with Gasteiger partial charge < -0.3 is 21.1 Å². The highest BCUT2D eigenvalue weighted by Crippen LogP contribution is 2.24. The summed E-state index contributed by atoms with van der Waals surface area (Å²) >= 11 is 0. The number of aliphatic hydroxyl groups is 1. The quantitative estimate of drug-likeness (QED) is 0.494. The minimum atomic E-state index is -0.267. The predicted molar refractivity (Wildman–Crippen MR) is 61.3 cm³/mol. The van der Waals surface area contributed by atoms with Crippen molar-refractivity contribution in [1.82, 2.24) is 9.97 Å². The van der Waals surface area contributed by atoms with E-state index in [0.29, 0.717) is 24.7 Å². The number of hydrogen-bond acceptors (Lipinski definition) is 6. The average molecular weight is 223 g/mol. The van der Waals surface area contributed by atoms with E-state index >= 15 is 0 Å². The molecule has 7 nitrogen and oxygen atoms in total. The number of nitrogens with zero attached hydrogens (tertiary/aromatic N) is 2. The first-order valence-electron chi connectivity index (χ1n) is 4.87. The Balaban J connectivity index is 2.25. The minimum Gasteiger partial charge on any atom is -0.392 e. The lowest BCUT2D eigenvalue weighted by molar-refractivity contribution is 0.342. The van der Waals surface area contributed by atoms with Crippen LogP contribution in [-0.4, -0.2) is 34.9 Å². The minimum absolute atomic E-state index is 0.000926. The van der Waals surface area contributed by atoms with Gasteiger partial charge >= 0.3 is 0 Å². The molecule has 2 rings (SSSR count). The van der Waals surface area contributed by atoms with E-state index in [0.717, 1.165) is 0 Å². The molecule has 0 aromatic carbocycles. The van der Waals surface area contributed by atoms with Crippen LogP contribution in [0, 0.1) is 0 Å². The maximum atomic E-state index is 11.5. The summed E-state index contributed by atoms with van der Waals surface area (Å²) in [6.07, 6.45) is 3.43. The third-order valence-corrected chi connectivity index (χ3v) is 2.26. The smallest absolute Gasteiger partial charge is 0.277 e. The lowest BCUT2D eigenvalue weighted by atomic mass is 10.4. The Kier molecular flexibility index (Phi) is 2.78. The van der Waals surface area contributed by atoms with E-state index in [1.165, 1.54) is 0 Å². The maximum absolute atomic E-state index is 11.5. The van der Waals surface area contributed by atoms with Crippen molar-refractivity contribution in [3.63, 3.8) is 0 Å². The molecule has 0 saturated heterocycles. The number of aromatic amines is 1. The van der Waals surface area contributed by atoms with E-state index in [1.807, 2.05) is 4.90 Å². The van der Waals surface area contributed by atoms with Gasteiger partial charge in [-0.05, 0) is 0 Å². The molecule has 0 spiro atoms. The topological polar surface area (TPSA) is 107 Å². The Morgan fingerprint density at radius 1 is 1.56 bits per heavy atom. The second-order valence-corrected chi connectivity index (χ2v) is 3.36. The normalized spacial score (nSPS) is 14.2. The average Bonchev–Trinajstić information content (AvgIpc) is 2.62. The largest absolute Gasteiger partial charge is 0.392 e. The van der Waals surface area contributed by atoms with Crippen LogP contribution < -0.4 is 21.5 Å². The summed E-state index contributed by atoms with van der Waals surface area (Å²) in [4.78, 5) is 19.8. The fourth-order valence-electron chi connectivity index (χ4n) is 1.54. The van der Waals surface area contributed by atoms with Crippen molar-refractivity contribution in [2.75, 3.05) is 35.8 Å². The maximum Gasteiger partial charge on any atom is 0.277 e. The molecule has 5 N–H and O–H groups in total. The van der Waals surface area contributed by atoms with Crippen LogP contribution in [0.2, 0.25) is 0 Å². The van der Waals surface area contributed by atoms with Gasteiger partial charge in [-0.2, -0.15) is 4.98 Å². The number of nitrogens with two attached hydrogens (primary N) is 1. The van der Waals surface area contributed by atoms with Crippen LogP contribution in [0.5, 0.6) is 0 Å². The molecule has 0 bridgehead atoms. The summed E-state index contributed by atoms with van der Waals surface area (Å²) in [6.45, 7) is 1.07. The van der Waals surface area contributed by atoms with E-state index in [2.05, 4.69) is 15.3 Å². The number of aromatic nitrogens is 2. The first-order chi connectivity index (χ1) is 7.72. The summed E-state index contributed by atoms with van der Waals surface area (Å²) in [6, 6.07) is 0. The Hall–Kier alpha value is -2.02. The van der Waals surface area contributed by atoms with Crippen molar-refractivity contribution in [2.45, 2.75) is 0 Å². The molecule has 7 heteroatoms. The molecule has 1 aromatic heterocycles. The summed E-state index contributed by atoms with van der Waals surface area (Å²) in [7, 11) is 0. The number of anilines is 3. The van der Waals surface area contributed by atoms with Gasteiger partial charge in [-0.15, -0.1) is 0 Å². The van der Waals surface area contributed by atoms with E-state index in [9.17, 15) is 4.79 Å². The summed E-state index contributed by atoms with van der Waals surface area (Å²) in [5.41, 5.74) is 5.64. The second kappa shape index (κ2) is 4.23. The van der Waals surface area contributed by atoms with Crippen molar-refractivity contribution < 1.29 is 5.11 Å². The molecule has 0 atom stereocenters. The molecular formula is C9H13N5O2. The third kappa shape index (κ3) is 1.84. The van der Waals surface area contributed by atoms with E-state index in [1.54, 1.807) is 12.2 Å². The van der Waals surface area contributed by atoms with Gasteiger partial charge in [-0.1, -0.05) is 12.2 Å². The van der Waals surface area contributed by atoms with E-state index in [-0.39, 0.29) is 18.1 Å². The van der Waals surface area contributed by atoms with Crippen LogP contribution in [0.1, 0.15) is 0 Å². The SMILES string of the molecule is Nc1nc2c(c(=O)[nH]1)NCN2CC=CCO. The summed E-state index contributed by atoms with van der Waals surface area (Å²) in [5, 5.41) is 11.6. The van der Waals surface area contributed by atoms with Crippen molar-refractivity contribution in [3.05, 3.63) is 22.5 Å². The van der Waals surface area contributed by atoms with Crippen LogP contribution in [0.4, 0.5) is 17.5 Å². The summed E-state index contributed by atoms with van der Waals surface area (Å²) in [5.74, 6) is 0.646. The molecule has 0 fully saturated rings.